The Balaban J connectivity index is 1.89. The van der Waals surface area contributed by atoms with Gasteiger partial charge in [-0.1, -0.05) is 42.8 Å². The van der Waals surface area contributed by atoms with Crippen molar-refractivity contribution in [3.05, 3.63) is 76.0 Å². The van der Waals surface area contributed by atoms with Crippen LogP contribution in [0.1, 0.15) is 44.7 Å². The lowest BCUT2D eigenvalue weighted by Gasteiger charge is -2.30. The molecule has 6 heteroatoms. The van der Waals surface area contributed by atoms with Crippen LogP contribution in [-0.4, -0.2) is 29.6 Å². The second-order valence-corrected chi connectivity index (χ2v) is 8.84. The van der Waals surface area contributed by atoms with Crippen LogP contribution in [0.5, 0.6) is 5.75 Å². The van der Waals surface area contributed by atoms with Gasteiger partial charge in [0.15, 0.2) is 0 Å². The zero-order valence-electron chi connectivity index (χ0n) is 18.9. The van der Waals surface area contributed by atoms with Gasteiger partial charge in [-0.25, -0.2) is 0 Å². The molecule has 0 fully saturated rings. The van der Waals surface area contributed by atoms with E-state index in [1.54, 1.807) is 0 Å². The van der Waals surface area contributed by atoms with Crippen LogP contribution in [0.25, 0.3) is 0 Å². The van der Waals surface area contributed by atoms with Crippen molar-refractivity contribution < 1.29 is 14.6 Å². The van der Waals surface area contributed by atoms with Crippen molar-refractivity contribution in [2.45, 2.75) is 52.6 Å². The number of carboxylic acids is 1. The Kier molecular flexibility index (Phi) is 8.34. The highest BCUT2D eigenvalue weighted by Gasteiger charge is 2.25. The first kappa shape index (κ1) is 23.9. The van der Waals surface area contributed by atoms with E-state index in [9.17, 15) is 4.79 Å². The molecule has 0 aliphatic carbocycles. The fraction of sp³-hybridized carbons (Fsp3) is 0.385. The van der Waals surface area contributed by atoms with Crippen LogP contribution >= 0.6 is 11.6 Å². The van der Waals surface area contributed by atoms with Crippen LogP contribution in [0.4, 0.5) is 0 Å². The average Bonchev–Trinajstić information content (AvgIpc) is 2.76. The third-order valence-electron chi connectivity index (χ3n) is 5.47. The van der Waals surface area contributed by atoms with E-state index in [-0.39, 0.29) is 18.6 Å². The van der Waals surface area contributed by atoms with Crippen molar-refractivity contribution in [2.75, 3.05) is 6.54 Å². The Morgan fingerprint density at radius 2 is 1.75 bits per heavy atom. The predicted octanol–water partition coefficient (Wildman–Crippen LogP) is 5.67. The summed E-state index contributed by atoms with van der Waals surface area (Å²) in [4.78, 5) is 15.4. The lowest BCUT2D eigenvalue weighted by Crippen LogP contribution is -2.37. The molecule has 1 aliphatic heterocycles. The molecule has 1 heterocycles. The van der Waals surface area contributed by atoms with Crippen molar-refractivity contribution in [3.63, 3.8) is 0 Å². The molecule has 2 N–H and O–H groups in total. The number of nitrogens with one attached hydrogen (secondary N) is 1. The molecule has 0 aromatic heterocycles. The highest BCUT2D eigenvalue weighted by atomic mass is 35.5. The molecule has 0 saturated heterocycles. The summed E-state index contributed by atoms with van der Waals surface area (Å²) in [6.45, 7) is 5.93. The molecule has 170 valence electrons. The van der Waals surface area contributed by atoms with Gasteiger partial charge in [0, 0.05) is 23.1 Å². The SMILES string of the molecule is CCC1CC(Cc2ccc(OC(C)C)cc2)=C(Cc2ccc(Cl)cc2)NC1=NCC(=O)O. The number of halogens is 1. The van der Waals surface area contributed by atoms with Gasteiger partial charge in [-0.2, -0.15) is 0 Å². The first-order valence-electron chi connectivity index (χ1n) is 11.1. The van der Waals surface area contributed by atoms with Gasteiger partial charge in [0.1, 0.15) is 18.1 Å². The summed E-state index contributed by atoms with van der Waals surface area (Å²) >= 11 is 6.05. The zero-order chi connectivity index (χ0) is 23.1. The smallest absolute Gasteiger partial charge is 0.325 e. The maximum atomic E-state index is 11.1. The fourth-order valence-electron chi connectivity index (χ4n) is 3.88. The largest absolute Gasteiger partial charge is 0.491 e. The minimum atomic E-state index is -0.924. The molecule has 2 aromatic rings. The van der Waals surface area contributed by atoms with E-state index in [0.29, 0.717) is 11.4 Å². The number of carbonyl (C=O) groups is 1. The number of benzene rings is 2. The quantitative estimate of drug-likeness (QED) is 0.512. The highest BCUT2D eigenvalue weighted by molar-refractivity contribution is 6.30. The topological polar surface area (TPSA) is 70.9 Å². The molecule has 2 aromatic carbocycles. The lowest BCUT2D eigenvalue weighted by molar-refractivity contribution is -0.135. The summed E-state index contributed by atoms with van der Waals surface area (Å²) in [6, 6.07) is 16.1. The van der Waals surface area contributed by atoms with Gasteiger partial charge >= 0.3 is 5.97 Å². The molecule has 1 aliphatic rings. The summed E-state index contributed by atoms with van der Waals surface area (Å²) < 4.78 is 5.76. The Morgan fingerprint density at radius 3 is 2.34 bits per heavy atom. The number of rotatable bonds is 9. The number of allylic oxidation sites excluding steroid dienone is 2. The molecule has 0 radical (unpaired) electrons. The Hall–Kier alpha value is -2.79. The normalized spacial score (nSPS) is 17.5. The van der Waals surface area contributed by atoms with Gasteiger partial charge in [-0.3, -0.25) is 9.79 Å². The van der Waals surface area contributed by atoms with Gasteiger partial charge in [0.25, 0.3) is 0 Å². The van der Waals surface area contributed by atoms with E-state index in [4.69, 9.17) is 21.4 Å². The van der Waals surface area contributed by atoms with Crippen LogP contribution in [-0.2, 0) is 17.6 Å². The Labute approximate surface area is 195 Å². The molecule has 0 saturated carbocycles. The van der Waals surface area contributed by atoms with Crippen molar-refractivity contribution in [1.82, 2.24) is 5.32 Å². The minimum Gasteiger partial charge on any atom is -0.491 e. The maximum absolute atomic E-state index is 11.1. The number of amidine groups is 1. The summed E-state index contributed by atoms with van der Waals surface area (Å²) in [5.74, 6) is 0.896. The molecule has 32 heavy (non-hydrogen) atoms. The monoisotopic (exact) mass is 454 g/mol. The third kappa shape index (κ3) is 6.86. The van der Waals surface area contributed by atoms with Gasteiger partial charge in [0.05, 0.1) is 6.10 Å². The van der Waals surface area contributed by atoms with E-state index >= 15 is 0 Å². The molecule has 1 atom stereocenters. The second kappa shape index (κ2) is 11.2. The zero-order valence-corrected chi connectivity index (χ0v) is 19.7. The van der Waals surface area contributed by atoms with E-state index in [1.807, 2.05) is 50.2 Å². The summed E-state index contributed by atoms with van der Waals surface area (Å²) in [7, 11) is 0. The van der Waals surface area contributed by atoms with Crippen molar-refractivity contribution in [2.24, 2.45) is 10.9 Å². The van der Waals surface area contributed by atoms with Gasteiger partial charge in [-0.05, 0) is 74.1 Å². The van der Waals surface area contributed by atoms with Crippen LogP contribution in [0, 0.1) is 5.92 Å². The number of carboxylic acid groups (broad SMARTS) is 1. The third-order valence-corrected chi connectivity index (χ3v) is 5.72. The molecule has 0 amide bonds. The lowest BCUT2D eigenvalue weighted by atomic mass is 9.86. The van der Waals surface area contributed by atoms with E-state index in [1.165, 1.54) is 11.1 Å². The molecule has 3 rings (SSSR count). The van der Waals surface area contributed by atoms with Crippen molar-refractivity contribution in [3.8, 4) is 5.75 Å². The molecular weight excluding hydrogens is 424 g/mol. The highest BCUT2D eigenvalue weighted by Crippen LogP contribution is 2.29. The summed E-state index contributed by atoms with van der Waals surface area (Å²) in [6.07, 6.45) is 3.43. The van der Waals surface area contributed by atoms with Crippen LogP contribution in [0.15, 0.2) is 64.8 Å². The summed E-state index contributed by atoms with van der Waals surface area (Å²) in [5, 5.41) is 13.3. The van der Waals surface area contributed by atoms with E-state index < -0.39 is 5.97 Å². The number of aliphatic imine (C=N–C) groups is 1. The molecule has 0 bridgehead atoms. The van der Waals surface area contributed by atoms with E-state index in [0.717, 1.165) is 42.1 Å². The summed E-state index contributed by atoms with van der Waals surface area (Å²) in [5.41, 5.74) is 4.76. The number of ether oxygens (including phenoxy) is 1. The number of hydrogen-bond donors (Lipinski definition) is 2. The van der Waals surface area contributed by atoms with Gasteiger partial charge < -0.3 is 15.2 Å². The minimum absolute atomic E-state index is 0.144. The molecule has 1 unspecified atom stereocenters. The van der Waals surface area contributed by atoms with Gasteiger partial charge in [0.2, 0.25) is 0 Å². The molecule has 0 spiro atoms. The molecule has 5 nitrogen and oxygen atoms in total. The standard InChI is InChI=1S/C26H31ClN2O3/c1-4-20-15-21(13-18-7-11-23(12-8-18)32-17(2)3)24(29-26(20)28-16-25(30)31)14-19-5-9-22(27)10-6-19/h5-12,17,20H,4,13-16H2,1-3H3,(H,28,29)(H,30,31). The number of hydrogen-bond acceptors (Lipinski definition) is 3. The van der Waals surface area contributed by atoms with Crippen LogP contribution in [0.2, 0.25) is 5.02 Å². The maximum Gasteiger partial charge on any atom is 0.325 e. The van der Waals surface area contributed by atoms with Crippen molar-refractivity contribution in [1.29, 1.82) is 0 Å². The average molecular weight is 455 g/mol. The Morgan fingerprint density at radius 1 is 1.12 bits per heavy atom. The predicted molar refractivity (Wildman–Crippen MR) is 130 cm³/mol. The number of nitrogens with zero attached hydrogens (tertiary/aromatic N) is 1. The fourth-order valence-corrected chi connectivity index (χ4v) is 4.01. The second-order valence-electron chi connectivity index (χ2n) is 8.40. The van der Waals surface area contributed by atoms with Crippen LogP contribution in [0.3, 0.4) is 0 Å². The first-order valence-corrected chi connectivity index (χ1v) is 11.5. The molecular formula is C26H31ClN2O3. The van der Waals surface area contributed by atoms with Crippen LogP contribution < -0.4 is 10.1 Å². The van der Waals surface area contributed by atoms with Crippen molar-refractivity contribution >= 4 is 23.4 Å². The first-order chi connectivity index (χ1) is 15.3. The number of aliphatic carboxylic acids is 1. The van der Waals surface area contributed by atoms with E-state index in [2.05, 4.69) is 29.4 Å². The van der Waals surface area contributed by atoms with Gasteiger partial charge in [-0.15, -0.1) is 0 Å². The Bertz CT molecular complexity index is 979.